The van der Waals surface area contributed by atoms with Crippen molar-refractivity contribution in [3.8, 4) is 5.75 Å². The second-order valence-electron chi connectivity index (χ2n) is 5.69. The number of nitrogens with zero attached hydrogens (tertiary/aromatic N) is 1. The van der Waals surface area contributed by atoms with E-state index in [4.69, 9.17) is 4.74 Å². The van der Waals surface area contributed by atoms with Gasteiger partial charge in [-0.15, -0.1) is 0 Å². The molecular weight excluding hydrogens is 288 g/mol. The summed E-state index contributed by atoms with van der Waals surface area (Å²) in [7, 11) is -1.82. The summed E-state index contributed by atoms with van der Waals surface area (Å²) in [5, 5.41) is 0. The highest BCUT2D eigenvalue weighted by molar-refractivity contribution is 7.87. The van der Waals surface area contributed by atoms with Gasteiger partial charge in [0.15, 0.2) is 0 Å². The lowest BCUT2D eigenvalue weighted by molar-refractivity contribution is 0.223. The topological polar surface area (TPSA) is 58.6 Å². The van der Waals surface area contributed by atoms with Gasteiger partial charge in [-0.25, -0.2) is 0 Å². The molecule has 1 aliphatic rings. The first-order valence-corrected chi connectivity index (χ1v) is 8.78. The molecule has 1 aromatic carbocycles. The Kier molecular flexibility index (Phi) is 5.24. The van der Waals surface area contributed by atoms with Crippen LogP contribution in [0.15, 0.2) is 30.3 Å². The number of hydrogen-bond acceptors (Lipinski definition) is 3. The Morgan fingerprint density at radius 1 is 1.29 bits per heavy atom. The van der Waals surface area contributed by atoms with Crippen LogP contribution in [0.5, 0.6) is 5.75 Å². The van der Waals surface area contributed by atoms with Gasteiger partial charge in [0, 0.05) is 19.6 Å². The van der Waals surface area contributed by atoms with Gasteiger partial charge in [-0.2, -0.15) is 17.4 Å². The molecular formula is C15H24N2O3S. The molecule has 0 aromatic heterocycles. The minimum atomic E-state index is -3.45. The van der Waals surface area contributed by atoms with Crippen molar-refractivity contribution < 1.29 is 13.2 Å². The highest BCUT2D eigenvalue weighted by Crippen LogP contribution is 2.35. The monoisotopic (exact) mass is 312 g/mol. The van der Waals surface area contributed by atoms with Crippen molar-refractivity contribution in [2.24, 2.45) is 5.92 Å². The van der Waals surface area contributed by atoms with Crippen LogP contribution in [0.25, 0.3) is 0 Å². The number of para-hydroxylation sites is 1. The van der Waals surface area contributed by atoms with E-state index in [1.807, 2.05) is 44.2 Å². The first-order valence-electron chi connectivity index (χ1n) is 7.34. The zero-order chi connectivity index (χ0) is 15.5. The fourth-order valence-corrected chi connectivity index (χ4v) is 3.45. The van der Waals surface area contributed by atoms with Crippen LogP contribution in [0, 0.1) is 5.92 Å². The minimum Gasteiger partial charge on any atom is -0.489 e. The number of ether oxygens (including phenoxy) is 1. The van der Waals surface area contributed by atoms with Gasteiger partial charge >= 0.3 is 0 Å². The quantitative estimate of drug-likeness (QED) is 0.799. The van der Waals surface area contributed by atoms with Crippen molar-refractivity contribution in [2.45, 2.75) is 38.8 Å². The molecule has 1 saturated carbocycles. The van der Waals surface area contributed by atoms with E-state index in [2.05, 4.69) is 4.72 Å². The molecule has 5 nitrogen and oxygen atoms in total. The van der Waals surface area contributed by atoms with Gasteiger partial charge in [0.25, 0.3) is 10.2 Å². The van der Waals surface area contributed by atoms with E-state index in [1.54, 1.807) is 7.05 Å². The maximum Gasteiger partial charge on any atom is 0.279 e. The second-order valence-corrected chi connectivity index (χ2v) is 7.50. The second kappa shape index (κ2) is 6.77. The van der Waals surface area contributed by atoms with Crippen LogP contribution >= 0.6 is 0 Å². The summed E-state index contributed by atoms with van der Waals surface area (Å²) < 4.78 is 34.2. The van der Waals surface area contributed by atoms with E-state index in [-0.39, 0.29) is 18.7 Å². The maximum absolute atomic E-state index is 12.2. The van der Waals surface area contributed by atoms with Crippen molar-refractivity contribution in [2.75, 3.05) is 13.6 Å². The Morgan fingerprint density at radius 2 is 1.90 bits per heavy atom. The number of benzene rings is 1. The molecule has 0 saturated heterocycles. The molecule has 0 aliphatic heterocycles. The van der Waals surface area contributed by atoms with Gasteiger partial charge in [-0.05, 0) is 44.7 Å². The summed E-state index contributed by atoms with van der Waals surface area (Å²) in [5.41, 5.74) is 0. The van der Waals surface area contributed by atoms with Crippen molar-refractivity contribution in [3.05, 3.63) is 30.3 Å². The first kappa shape index (κ1) is 16.3. The van der Waals surface area contributed by atoms with E-state index < -0.39 is 10.2 Å². The van der Waals surface area contributed by atoms with Gasteiger partial charge in [0.05, 0.1) is 0 Å². The van der Waals surface area contributed by atoms with Crippen molar-refractivity contribution in [1.29, 1.82) is 0 Å². The molecule has 2 rings (SSSR count). The van der Waals surface area contributed by atoms with Gasteiger partial charge in [0.2, 0.25) is 0 Å². The Bertz CT molecular complexity index is 543. The molecule has 6 heteroatoms. The van der Waals surface area contributed by atoms with Crippen molar-refractivity contribution >= 4 is 10.2 Å². The number of rotatable bonds is 8. The molecule has 0 radical (unpaired) electrons. The van der Waals surface area contributed by atoms with Crippen molar-refractivity contribution in [1.82, 2.24) is 9.03 Å². The predicted molar refractivity (Wildman–Crippen MR) is 83.4 cm³/mol. The Morgan fingerprint density at radius 3 is 2.48 bits per heavy atom. The van der Waals surface area contributed by atoms with E-state index in [0.29, 0.717) is 5.92 Å². The third-order valence-corrected chi connectivity index (χ3v) is 5.51. The third-order valence-electron chi connectivity index (χ3n) is 3.89. The van der Waals surface area contributed by atoms with E-state index in [1.165, 1.54) is 4.31 Å². The summed E-state index contributed by atoms with van der Waals surface area (Å²) in [6.07, 6.45) is 2.01. The average Bonchev–Trinajstić information content (AvgIpc) is 3.29. The summed E-state index contributed by atoms with van der Waals surface area (Å²) in [6.45, 7) is 4.06. The van der Waals surface area contributed by atoms with Crippen LogP contribution < -0.4 is 9.46 Å². The molecule has 21 heavy (non-hydrogen) atoms. The summed E-state index contributed by atoms with van der Waals surface area (Å²) in [6, 6.07) is 9.44. The lowest BCUT2D eigenvalue weighted by Crippen LogP contribution is -2.46. The molecule has 0 heterocycles. The van der Waals surface area contributed by atoms with Crippen LogP contribution in [0.1, 0.15) is 26.7 Å². The van der Waals surface area contributed by atoms with Gasteiger partial charge in [0.1, 0.15) is 11.9 Å². The molecule has 118 valence electrons. The number of nitrogens with one attached hydrogen (secondary N) is 1. The normalized spacial score (nSPS) is 18.5. The van der Waals surface area contributed by atoms with E-state index in [9.17, 15) is 8.42 Å². The van der Waals surface area contributed by atoms with Gasteiger partial charge in [-0.1, -0.05) is 18.2 Å². The first-order chi connectivity index (χ1) is 9.90. The Balaban J connectivity index is 1.83. The Hall–Kier alpha value is -1.11. The molecule has 0 amide bonds. The molecule has 2 atom stereocenters. The van der Waals surface area contributed by atoms with Crippen molar-refractivity contribution in [3.63, 3.8) is 0 Å². The smallest absolute Gasteiger partial charge is 0.279 e. The van der Waals surface area contributed by atoms with Gasteiger partial charge in [-0.3, -0.25) is 0 Å². The minimum absolute atomic E-state index is 0.0489. The summed E-state index contributed by atoms with van der Waals surface area (Å²) in [5.74, 6) is 1.24. The zero-order valence-corrected chi connectivity index (χ0v) is 13.6. The molecule has 1 fully saturated rings. The third kappa shape index (κ3) is 4.69. The molecule has 0 spiro atoms. The highest BCUT2D eigenvalue weighted by Gasteiger charge is 2.35. The highest BCUT2D eigenvalue weighted by atomic mass is 32.2. The van der Waals surface area contributed by atoms with Crippen LogP contribution in [0.4, 0.5) is 0 Å². The van der Waals surface area contributed by atoms with E-state index in [0.717, 1.165) is 18.6 Å². The van der Waals surface area contributed by atoms with Crippen LogP contribution in [-0.4, -0.2) is 38.5 Å². The summed E-state index contributed by atoms with van der Waals surface area (Å²) >= 11 is 0. The fourth-order valence-electron chi connectivity index (χ4n) is 2.19. The standard InChI is InChI=1S/C15H24N2O3S/c1-12(20-15-7-5-4-6-8-15)11-16-21(18,19)17(3)13(2)14-9-10-14/h4-8,12-14,16H,9-11H2,1-3H3. The van der Waals surface area contributed by atoms with Crippen LogP contribution in [0.3, 0.4) is 0 Å². The Labute approximate surface area is 127 Å². The maximum atomic E-state index is 12.2. The SMILES string of the molecule is CC(CNS(=O)(=O)N(C)C(C)C1CC1)Oc1ccccc1. The average molecular weight is 312 g/mol. The van der Waals surface area contributed by atoms with Gasteiger partial charge < -0.3 is 4.74 Å². The molecule has 0 bridgehead atoms. The summed E-state index contributed by atoms with van der Waals surface area (Å²) in [4.78, 5) is 0. The molecule has 1 aromatic rings. The largest absolute Gasteiger partial charge is 0.489 e. The predicted octanol–water partition coefficient (Wildman–Crippen LogP) is 2.02. The fraction of sp³-hybridized carbons (Fsp3) is 0.600. The lowest BCUT2D eigenvalue weighted by Gasteiger charge is -2.25. The molecule has 1 N–H and O–H groups in total. The zero-order valence-electron chi connectivity index (χ0n) is 12.8. The lowest BCUT2D eigenvalue weighted by atomic mass is 10.2. The molecule has 1 aliphatic carbocycles. The van der Waals surface area contributed by atoms with E-state index >= 15 is 0 Å². The van der Waals surface area contributed by atoms with Crippen LogP contribution in [0.2, 0.25) is 0 Å². The molecule has 2 unspecified atom stereocenters. The number of hydrogen-bond donors (Lipinski definition) is 1. The van der Waals surface area contributed by atoms with Crippen LogP contribution in [-0.2, 0) is 10.2 Å².